The fraction of sp³-hybridized carbons (Fsp3) is 0.174. The third-order valence-electron chi connectivity index (χ3n) is 5.23. The minimum absolute atomic E-state index is 0.288. The van der Waals surface area contributed by atoms with Gasteiger partial charge in [-0.2, -0.15) is 10.2 Å². The molecule has 30 heavy (non-hydrogen) atoms. The number of aryl methyl sites for hydroxylation is 1. The third-order valence-corrected chi connectivity index (χ3v) is 5.23. The monoisotopic (exact) mass is 403 g/mol. The van der Waals surface area contributed by atoms with Crippen molar-refractivity contribution in [2.45, 2.75) is 26.8 Å². The number of carbonyl (C=O) groups is 1. The van der Waals surface area contributed by atoms with Gasteiger partial charge in [0.2, 0.25) is 0 Å². The largest absolute Gasteiger partial charge is 0.345 e. The van der Waals surface area contributed by atoms with E-state index in [2.05, 4.69) is 20.6 Å². The zero-order chi connectivity index (χ0) is 21.3. The summed E-state index contributed by atoms with van der Waals surface area (Å²) in [6.07, 6.45) is 3.17. The highest BCUT2D eigenvalue weighted by molar-refractivity contribution is 6.00. The van der Waals surface area contributed by atoms with Crippen LogP contribution in [0.15, 0.2) is 60.9 Å². The Hall–Kier alpha value is -3.74. The van der Waals surface area contributed by atoms with E-state index in [0.29, 0.717) is 11.3 Å². The van der Waals surface area contributed by atoms with Gasteiger partial charge in [-0.1, -0.05) is 30.3 Å². The van der Waals surface area contributed by atoms with Crippen LogP contribution in [0.1, 0.15) is 40.1 Å². The number of H-pyrrole nitrogens is 1. The topological polar surface area (TPSA) is 75.6 Å². The van der Waals surface area contributed by atoms with Crippen molar-refractivity contribution in [3.8, 4) is 16.9 Å². The molecule has 2 N–H and O–H groups in total. The lowest BCUT2D eigenvalue weighted by Gasteiger charge is -2.15. The summed E-state index contributed by atoms with van der Waals surface area (Å²) >= 11 is 0. The Bertz CT molecular complexity index is 1210. The Morgan fingerprint density at radius 3 is 2.60 bits per heavy atom. The molecule has 0 bridgehead atoms. The molecule has 4 rings (SSSR count). The molecule has 0 aliphatic carbocycles. The number of carbonyl (C=O) groups excluding carboxylic acids is 1. The molecular weight excluding hydrogens is 381 g/mol. The summed E-state index contributed by atoms with van der Waals surface area (Å²) in [5, 5.41) is 14.2. The molecule has 1 amide bonds. The quantitative estimate of drug-likeness (QED) is 0.515. The highest BCUT2D eigenvalue weighted by Crippen LogP contribution is 2.26. The van der Waals surface area contributed by atoms with Crippen LogP contribution in [0.4, 0.5) is 4.39 Å². The van der Waals surface area contributed by atoms with Gasteiger partial charge in [0, 0.05) is 16.8 Å². The second-order valence-corrected chi connectivity index (χ2v) is 7.22. The van der Waals surface area contributed by atoms with Crippen molar-refractivity contribution in [2.75, 3.05) is 0 Å². The van der Waals surface area contributed by atoms with Crippen molar-refractivity contribution in [1.82, 2.24) is 25.3 Å². The zero-order valence-electron chi connectivity index (χ0n) is 17.0. The second kappa shape index (κ2) is 7.94. The van der Waals surface area contributed by atoms with Crippen molar-refractivity contribution in [3.63, 3.8) is 0 Å². The van der Waals surface area contributed by atoms with Gasteiger partial charge in [0.25, 0.3) is 5.91 Å². The Balaban J connectivity index is 1.58. The van der Waals surface area contributed by atoms with E-state index in [1.54, 1.807) is 24.4 Å². The fourth-order valence-corrected chi connectivity index (χ4v) is 3.57. The van der Waals surface area contributed by atoms with E-state index < -0.39 is 5.82 Å². The summed E-state index contributed by atoms with van der Waals surface area (Å²) < 4.78 is 16.1. The molecule has 0 fully saturated rings. The van der Waals surface area contributed by atoms with Gasteiger partial charge in [-0.05, 0) is 44.5 Å². The maximum absolute atomic E-state index is 14.2. The van der Waals surface area contributed by atoms with Gasteiger partial charge in [0.1, 0.15) is 5.82 Å². The number of amides is 1. The molecule has 0 aliphatic rings. The number of nitrogens with zero attached hydrogens (tertiary/aromatic N) is 3. The number of hydrogen-bond donors (Lipinski definition) is 2. The van der Waals surface area contributed by atoms with Crippen LogP contribution < -0.4 is 5.32 Å². The van der Waals surface area contributed by atoms with E-state index in [9.17, 15) is 9.18 Å². The Morgan fingerprint density at radius 1 is 1.10 bits per heavy atom. The van der Waals surface area contributed by atoms with Gasteiger partial charge in [-0.3, -0.25) is 9.89 Å². The minimum Gasteiger partial charge on any atom is -0.345 e. The molecule has 7 heteroatoms. The maximum atomic E-state index is 14.2. The highest BCUT2D eigenvalue weighted by atomic mass is 19.1. The van der Waals surface area contributed by atoms with Gasteiger partial charge in [-0.25, -0.2) is 9.07 Å². The van der Waals surface area contributed by atoms with Crippen LogP contribution in [0.2, 0.25) is 0 Å². The first-order valence-corrected chi connectivity index (χ1v) is 9.67. The second-order valence-electron chi connectivity index (χ2n) is 7.22. The van der Waals surface area contributed by atoms with Crippen LogP contribution in [0.25, 0.3) is 16.9 Å². The molecule has 152 valence electrons. The summed E-state index contributed by atoms with van der Waals surface area (Å²) in [4.78, 5) is 12.9. The molecular formula is C23H22FN5O. The lowest BCUT2D eigenvalue weighted by atomic mass is 10.1. The standard InChI is InChI=1S/C23H22FN5O/c1-14-8-4-7-11-21(14)29-16(3)18(13-26-29)15(2)27-23(30)19-12-25-28-22(19)17-9-5-6-10-20(17)24/h4-13,15H,1-3H3,(H,25,28)(H,27,30)/t15-/m1/s1. The first-order chi connectivity index (χ1) is 14.5. The summed E-state index contributed by atoms with van der Waals surface area (Å²) in [7, 11) is 0. The van der Waals surface area contributed by atoms with Gasteiger partial charge in [-0.15, -0.1) is 0 Å². The van der Waals surface area contributed by atoms with E-state index >= 15 is 0 Å². The lowest BCUT2D eigenvalue weighted by Crippen LogP contribution is -2.27. The van der Waals surface area contributed by atoms with Gasteiger partial charge < -0.3 is 5.32 Å². The molecule has 0 saturated heterocycles. The molecule has 0 unspecified atom stereocenters. The molecule has 0 spiro atoms. The molecule has 6 nitrogen and oxygen atoms in total. The first-order valence-electron chi connectivity index (χ1n) is 9.67. The van der Waals surface area contributed by atoms with Crippen molar-refractivity contribution >= 4 is 5.91 Å². The van der Waals surface area contributed by atoms with Crippen molar-refractivity contribution in [3.05, 3.63) is 89.1 Å². The summed E-state index contributed by atoms with van der Waals surface area (Å²) in [5.74, 6) is -0.753. The molecule has 4 aromatic rings. The molecule has 0 saturated carbocycles. The van der Waals surface area contributed by atoms with Crippen LogP contribution in [0.3, 0.4) is 0 Å². The summed E-state index contributed by atoms with van der Waals surface area (Å²) in [5.41, 5.74) is 4.90. The predicted molar refractivity (Wildman–Crippen MR) is 113 cm³/mol. The number of aromatic amines is 1. The molecule has 2 heterocycles. The van der Waals surface area contributed by atoms with E-state index in [1.807, 2.05) is 49.7 Å². The minimum atomic E-state index is -0.417. The average Bonchev–Trinajstić information content (AvgIpc) is 3.36. The highest BCUT2D eigenvalue weighted by Gasteiger charge is 2.21. The van der Waals surface area contributed by atoms with Gasteiger partial charge in [0.15, 0.2) is 0 Å². The Morgan fingerprint density at radius 2 is 1.83 bits per heavy atom. The number of aromatic nitrogens is 4. The number of halogens is 1. The van der Waals surface area contributed by atoms with Crippen molar-refractivity contribution in [1.29, 1.82) is 0 Å². The Labute approximate surface area is 173 Å². The zero-order valence-corrected chi connectivity index (χ0v) is 17.0. The van der Waals surface area contributed by atoms with Crippen LogP contribution in [0.5, 0.6) is 0 Å². The predicted octanol–water partition coefficient (Wildman–Crippen LogP) is 4.51. The number of para-hydroxylation sites is 1. The molecule has 1 atom stereocenters. The number of nitrogens with one attached hydrogen (secondary N) is 2. The van der Waals surface area contributed by atoms with E-state index in [1.165, 1.54) is 12.3 Å². The Kier molecular flexibility index (Phi) is 5.18. The SMILES string of the molecule is Cc1ccccc1-n1ncc([C@@H](C)NC(=O)c2cn[nH]c2-c2ccccc2F)c1C. The lowest BCUT2D eigenvalue weighted by molar-refractivity contribution is 0.0940. The number of rotatable bonds is 5. The fourth-order valence-electron chi connectivity index (χ4n) is 3.57. The van der Waals surface area contributed by atoms with E-state index in [4.69, 9.17) is 0 Å². The van der Waals surface area contributed by atoms with Crippen LogP contribution in [0, 0.1) is 19.7 Å². The maximum Gasteiger partial charge on any atom is 0.255 e. The number of benzene rings is 2. The summed E-state index contributed by atoms with van der Waals surface area (Å²) in [6, 6.07) is 14.0. The van der Waals surface area contributed by atoms with Crippen molar-refractivity contribution < 1.29 is 9.18 Å². The van der Waals surface area contributed by atoms with Crippen LogP contribution >= 0.6 is 0 Å². The smallest absolute Gasteiger partial charge is 0.255 e. The molecule has 2 aromatic carbocycles. The van der Waals surface area contributed by atoms with E-state index in [-0.39, 0.29) is 17.5 Å². The normalized spacial score (nSPS) is 12.0. The molecule has 0 radical (unpaired) electrons. The van der Waals surface area contributed by atoms with Crippen LogP contribution in [-0.4, -0.2) is 25.9 Å². The van der Waals surface area contributed by atoms with Gasteiger partial charge >= 0.3 is 0 Å². The van der Waals surface area contributed by atoms with Crippen LogP contribution in [-0.2, 0) is 0 Å². The molecule has 2 aromatic heterocycles. The van der Waals surface area contributed by atoms with Gasteiger partial charge in [0.05, 0.1) is 35.4 Å². The third kappa shape index (κ3) is 3.50. The van der Waals surface area contributed by atoms with E-state index in [0.717, 1.165) is 22.5 Å². The number of hydrogen-bond acceptors (Lipinski definition) is 3. The van der Waals surface area contributed by atoms with Crippen molar-refractivity contribution in [2.24, 2.45) is 0 Å². The average molecular weight is 403 g/mol. The first kappa shape index (κ1) is 19.6. The molecule has 0 aliphatic heterocycles. The summed E-state index contributed by atoms with van der Waals surface area (Å²) in [6.45, 7) is 5.90.